The Balaban J connectivity index is 2.95. The highest BCUT2D eigenvalue weighted by Gasteiger charge is 2.31. The molecule has 1 rings (SSSR count). The Bertz CT molecular complexity index is 590. The fourth-order valence-electron chi connectivity index (χ4n) is 2.20. The van der Waals surface area contributed by atoms with Gasteiger partial charge in [-0.3, -0.25) is 9.59 Å². The number of carbonyl (C=O) groups is 2. The lowest BCUT2D eigenvalue weighted by molar-refractivity contribution is -0.141. The Kier molecular flexibility index (Phi) is 7.89. The summed E-state index contributed by atoms with van der Waals surface area (Å²) in [6.07, 6.45) is -4.09. The third-order valence-electron chi connectivity index (χ3n) is 3.56. The molecule has 0 bridgehead atoms. The van der Waals surface area contributed by atoms with Gasteiger partial charge in [0.05, 0.1) is 11.5 Å². The smallest absolute Gasteiger partial charge is 0.416 e. The number of nitrogens with zero attached hydrogens (tertiary/aromatic N) is 1. The average Bonchev–Trinajstić information content (AvgIpc) is 2.56. The molecule has 0 saturated heterocycles. The van der Waals surface area contributed by atoms with Crippen LogP contribution in [0.3, 0.4) is 0 Å². The number of hydrogen-bond acceptors (Lipinski definition) is 3. The Morgan fingerprint density at radius 2 is 2.00 bits per heavy atom. The van der Waals surface area contributed by atoms with Gasteiger partial charge in [-0.05, 0) is 31.5 Å². The molecule has 25 heavy (non-hydrogen) atoms. The van der Waals surface area contributed by atoms with E-state index >= 15 is 0 Å². The Morgan fingerprint density at radius 1 is 1.32 bits per heavy atom. The fourth-order valence-corrected chi connectivity index (χ4v) is 2.20. The summed E-state index contributed by atoms with van der Waals surface area (Å²) in [5, 5.41) is 9.03. The van der Waals surface area contributed by atoms with E-state index in [1.165, 1.54) is 17.9 Å². The molecule has 1 amide bonds. The molecule has 1 atom stereocenters. The molecule has 0 aromatic heterocycles. The van der Waals surface area contributed by atoms with Crippen molar-refractivity contribution in [1.29, 1.82) is 0 Å². The Morgan fingerprint density at radius 3 is 2.56 bits per heavy atom. The number of carbonyl (C=O) groups excluding carboxylic acids is 1. The monoisotopic (exact) mass is 361 g/mol. The van der Waals surface area contributed by atoms with Gasteiger partial charge in [0.25, 0.3) is 5.91 Å². The number of hydrogen-bond donors (Lipinski definition) is 1. The highest BCUT2D eigenvalue weighted by molar-refractivity contribution is 5.94. The standard InChI is InChI=1S/C17H22F3NO4/c1-3-25-9-5-8-21(11-12(2)16(23)24)15(22)13-6-4-7-14(10-13)17(18,19)20/h4,6-7,10,12H,3,5,8-9,11H2,1-2H3,(H,23,24). The van der Waals surface area contributed by atoms with Gasteiger partial charge in [0.2, 0.25) is 0 Å². The van der Waals surface area contributed by atoms with Gasteiger partial charge in [-0.15, -0.1) is 0 Å². The summed E-state index contributed by atoms with van der Waals surface area (Å²) < 4.78 is 43.6. The van der Waals surface area contributed by atoms with Crippen LogP contribution in [0.2, 0.25) is 0 Å². The summed E-state index contributed by atoms with van der Waals surface area (Å²) in [7, 11) is 0. The van der Waals surface area contributed by atoms with E-state index in [2.05, 4.69) is 0 Å². The van der Waals surface area contributed by atoms with Gasteiger partial charge in [-0.25, -0.2) is 0 Å². The molecule has 0 saturated carbocycles. The summed E-state index contributed by atoms with van der Waals surface area (Å²) in [6, 6.07) is 4.12. The molecule has 140 valence electrons. The van der Waals surface area contributed by atoms with Crippen molar-refractivity contribution in [3.63, 3.8) is 0 Å². The van der Waals surface area contributed by atoms with E-state index in [0.717, 1.165) is 18.2 Å². The van der Waals surface area contributed by atoms with Crippen molar-refractivity contribution in [1.82, 2.24) is 4.90 Å². The zero-order valence-electron chi connectivity index (χ0n) is 14.2. The number of ether oxygens (including phenoxy) is 1. The summed E-state index contributed by atoms with van der Waals surface area (Å²) in [5.74, 6) is -2.54. The molecule has 5 nitrogen and oxygen atoms in total. The van der Waals surface area contributed by atoms with Crippen molar-refractivity contribution < 1.29 is 32.6 Å². The second-order valence-electron chi connectivity index (χ2n) is 5.62. The topological polar surface area (TPSA) is 66.8 Å². The lowest BCUT2D eigenvalue weighted by Crippen LogP contribution is -2.38. The van der Waals surface area contributed by atoms with Crippen LogP contribution in [-0.4, -0.2) is 48.2 Å². The molecule has 0 aliphatic heterocycles. The number of aliphatic carboxylic acids is 1. The minimum absolute atomic E-state index is 0.0868. The van der Waals surface area contributed by atoms with Crippen molar-refractivity contribution in [3.05, 3.63) is 35.4 Å². The minimum Gasteiger partial charge on any atom is -0.481 e. The molecule has 0 fully saturated rings. The first kappa shape index (κ1) is 21.0. The zero-order valence-corrected chi connectivity index (χ0v) is 14.2. The summed E-state index contributed by atoms with van der Waals surface area (Å²) in [5.41, 5.74) is -1.04. The van der Waals surface area contributed by atoms with Gasteiger partial charge < -0.3 is 14.7 Å². The van der Waals surface area contributed by atoms with Gasteiger partial charge >= 0.3 is 12.1 Å². The molecule has 0 spiro atoms. The summed E-state index contributed by atoms with van der Waals surface area (Å²) in [4.78, 5) is 24.9. The van der Waals surface area contributed by atoms with E-state index in [9.17, 15) is 22.8 Å². The van der Waals surface area contributed by atoms with Gasteiger partial charge in [0.15, 0.2) is 0 Å². The van der Waals surface area contributed by atoms with Crippen LogP contribution in [0.25, 0.3) is 0 Å². The van der Waals surface area contributed by atoms with E-state index < -0.39 is 29.5 Å². The first-order valence-corrected chi connectivity index (χ1v) is 7.93. The van der Waals surface area contributed by atoms with Crippen molar-refractivity contribution in [3.8, 4) is 0 Å². The Labute approximate surface area is 144 Å². The van der Waals surface area contributed by atoms with E-state index in [1.54, 1.807) is 0 Å². The molecule has 1 aromatic carbocycles. The highest BCUT2D eigenvalue weighted by Crippen LogP contribution is 2.29. The molecule has 1 aromatic rings. The molecular formula is C17H22F3NO4. The van der Waals surface area contributed by atoms with E-state index in [-0.39, 0.29) is 18.7 Å². The lowest BCUT2D eigenvalue weighted by Gasteiger charge is -2.25. The van der Waals surface area contributed by atoms with Crippen LogP contribution >= 0.6 is 0 Å². The molecular weight excluding hydrogens is 339 g/mol. The second-order valence-corrected chi connectivity index (χ2v) is 5.62. The van der Waals surface area contributed by atoms with Crippen LogP contribution in [0, 0.1) is 5.92 Å². The predicted molar refractivity (Wildman–Crippen MR) is 85.3 cm³/mol. The summed E-state index contributed by atoms with van der Waals surface area (Å²) in [6.45, 7) is 4.26. The maximum atomic E-state index is 12.8. The predicted octanol–water partition coefficient (Wildman–Crippen LogP) is 3.29. The van der Waals surface area contributed by atoms with Crippen molar-refractivity contribution >= 4 is 11.9 Å². The molecule has 0 heterocycles. The van der Waals surface area contributed by atoms with Crippen LogP contribution in [0.4, 0.5) is 13.2 Å². The normalized spacial score (nSPS) is 12.7. The first-order chi connectivity index (χ1) is 11.7. The van der Waals surface area contributed by atoms with Crippen molar-refractivity contribution in [2.75, 3.05) is 26.3 Å². The van der Waals surface area contributed by atoms with E-state index in [0.29, 0.717) is 19.6 Å². The third-order valence-corrected chi connectivity index (χ3v) is 3.56. The van der Waals surface area contributed by atoms with Crippen LogP contribution in [0.1, 0.15) is 36.2 Å². The maximum Gasteiger partial charge on any atom is 0.416 e. The first-order valence-electron chi connectivity index (χ1n) is 7.93. The van der Waals surface area contributed by atoms with Crippen LogP contribution in [0.5, 0.6) is 0 Å². The van der Waals surface area contributed by atoms with Crippen LogP contribution < -0.4 is 0 Å². The average molecular weight is 361 g/mol. The van der Waals surface area contributed by atoms with Gasteiger partial charge in [-0.2, -0.15) is 13.2 Å². The lowest BCUT2D eigenvalue weighted by atomic mass is 10.1. The number of carboxylic acids is 1. The Hall–Kier alpha value is -2.09. The van der Waals surface area contributed by atoms with Crippen LogP contribution in [0.15, 0.2) is 24.3 Å². The second kappa shape index (κ2) is 9.41. The molecule has 1 unspecified atom stereocenters. The molecule has 0 aliphatic rings. The van der Waals surface area contributed by atoms with Gasteiger partial charge in [0.1, 0.15) is 0 Å². The fraction of sp³-hybridized carbons (Fsp3) is 0.529. The number of benzene rings is 1. The number of halogens is 3. The largest absolute Gasteiger partial charge is 0.481 e. The van der Waals surface area contributed by atoms with Crippen molar-refractivity contribution in [2.24, 2.45) is 5.92 Å². The molecule has 0 aliphatic carbocycles. The van der Waals surface area contributed by atoms with Gasteiger partial charge in [0, 0.05) is 31.9 Å². The molecule has 1 N–H and O–H groups in total. The zero-order chi connectivity index (χ0) is 19.0. The quantitative estimate of drug-likeness (QED) is 0.686. The molecule has 0 radical (unpaired) electrons. The third kappa shape index (κ3) is 6.74. The SMILES string of the molecule is CCOCCCN(CC(C)C(=O)O)C(=O)c1cccc(C(F)(F)F)c1. The number of carboxylic acid groups (broad SMARTS) is 1. The number of alkyl halides is 3. The highest BCUT2D eigenvalue weighted by atomic mass is 19.4. The van der Waals surface area contributed by atoms with E-state index in [1.807, 2.05) is 6.92 Å². The maximum absolute atomic E-state index is 12.8. The van der Waals surface area contributed by atoms with Crippen LogP contribution in [-0.2, 0) is 15.7 Å². The number of amides is 1. The summed E-state index contributed by atoms with van der Waals surface area (Å²) >= 11 is 0. The van der Waals surface area contributed by atoms with E-state index in [4.69, 9.17) is 9.84 Å². The van der Waals surface area contributed by atoms with Crippen molar-refractivity contribution in [2.45, 2.75) is 26.4 Å². The molecule has 8 heteroatoms. The van der Waals surface area contributed by atoms with Gasteiger partial charge in [-0.1, -0.05) is 13.0 Å². The number of rotatable bonds is 9. The minimum atomic E-state index is -4.55.